The van der Waals surface area contributed by atoms with Gasteiger partial charge in [0.05, 0.1) is 5.92 Å². The molecule has 0 atom stereocenters. The molecule has 3 heterocycles. The van der Waals surface area contributed by atoms with E-state index in [0.717, 1.165) is 18.9 Å². The van der Waals surface area contributed by atoms with Crippen LogP contribution in [0.2, 0.25) is 0 Å². The molecule has 2 aromatic rings. The Hall–Kier alpha value is -2.25. The molecule has 0 radical (unpaired) electrons. The second-order valence-corrected chi connectivity index (χ2v) is 5.19. The minimum atomic E-state index is 0.0478. The molecule has 2 aromatic heterocycles. The average molecular weight is 289 g/mol. The zero-order valence-electron chi connectivity index (χ0n) is 12.5. The van der Waals surface area contributed by atoms with Crippen LogP contribution in [0.1, 0.15) is 13.8 Å². The van der Waals surface area contributed by atoms with Crippen LogP contribution >= 0.6 is 0 Å². The Balaban J connectivity index is 1.75. The van der Waals surface area contributed by atoms with Gasteiger partial charge in [-0.25, -0.2) is 14.6 Å². The van der Waals surface area contributed by atoms with Crippen LogP contribution in [0.4, 0.5) is 5.82 Å². The van der Waals surface area contributed by atoms with Crippen LogP contribution in [0, 0.1) is 5.92 Å². The van der Waals surface area contributed by atoms with E-state index in [9.17, 15) is 4.79 Å². The Kier molecular flexibility index (Phi) is 3.44. The molecule has 0 aliphatic carbocycles. The predicted octanol–water partition coefficient (Wildman–Crippen LogP) is 0.0629. The third-order valence-corrected chi connectivity index (χ3v) is 3.97. The highest BCUT2D eigenvalue weighted by Gasteiger charge is 2.36. The molecule has 0 aromatic carbocycles. The summed E-state index contributed by atoms with van der Waals surface area (Å²) in [5.74, 6) is 1.03. The zero-order chi connectivity index (χ0) is 15.0. The summed E-state index contributed by atoms with van der Waals surface area (Å²) in [5, 5.41) is 8.08. The summed E-state index contributed by atoms with van der Waals surface area (Å²) in [6, 6.07) is 0. The maximum absolute atomic E-state index is 12.3. The van der Waals surface area contributed by atoms with Gasteiger partial charge in [-0.05, 0) is 13.8 Å². The van der Waals surface area contributed by atoms with Gasteiger partial charge in [-0.3, -0.25) is 4.79 Å². The van der Waals surface area contributed by atoms with Gasteiger partial charge < -0.3 is 9.80 Å². The van der Waals surface area contributed by atoms with Crippen LogP contribution in [0.15, 0.2) is 6.33 Å². The van der Waals surface area contributed by atoms with Gasteiger partial charge in [0, 0.05) is 33.2 Å². The molecule has 0 saturated carbocycles. The van der Waals surface area contributed by atoms with Gasteiger partial charge in [0.15, 0.2) is 17.0 Å². The summed E-state index contributed by atoms with van der Waals surface area (Å²) >= 11 is 0. The molecule has 0 spiro atoms. The monoisotopic (exact) mass is 289 g/mol. The molecule has 0 bridgehead atoms. The number of carbonyl (C=O) groups is 1. The minimum Gasteiger partial charge on any atom is -0.353 e. The zero-order valence-corrected chi connectivity index (χ0v) is 12.5. The fourth-order valence-electron chi connectivity index (χ4n) is 2.67. The van der Waals surface area contributed by atoms with Crippen molar-refractivity contribution in [3.05, 3.63) is 6.33 Å². The van der Waals surface area contributed by atoms with Crippen molar-refractivity contribution in [1.82, 2.24) is 29.9 Å². The van der Waals surface area contributed by atoms with E-state index in [2.05, 4.69) is 25.2 Å². The predicted molar refractivity (Wildman–Crippen MR) is 77.7 cm³/mol. The number of fused-ring (bicyclic) bond motifs is 1. The number of aromatic nitrogens is 5. The first-order chi connectivity index (χ1) is 10.2. The number of carbonyl (C=O) groups excluding carboxylic acids is 1. The summed E-state index contributed by atoms with van der Waals surface area (Å²) in [7, 11) is 1.80. The fraction of sp³-hybridized carbons (Fsp3) is 0.615. The van der Waals surface area contributed by atoms with Crippen LogP contribution in [0.5, 0.6) is 0 Å². The van der Waals surface area contributed by atoms with E-state index in [-0.39, 0.29) is 11.8 Å². The largest absolute Gasteiger partial charge is 0.353 e. The third kappa shape index (κ3) is 2.20. The molecule has 0 N–H and O–H groups in total. The number of nitrogens with zero attached hydrogens (tertiary/aromatic N) is 7. The molecule has 8 heteroatoms. The standard InChI is InChI=1S/C13H19N7O/c1-4-19(5-2)13(21)9-6-20(7-9)12-10-11(14-8-15-12)18(3)17-16-10/h8-9H,4-7H2,1-3H3. The summed E-state index contributed by atoms with van der Waals surface area (Å²) in [6.45, 7) is 6.88. The van der Waals surface area contributed by atoms with Crippen LogP contribution in [0.25, 0.3) is 11.2 Å². The third-order valence-electron chi connectivity index (χ3n) is 3.97. The fourth-order valence-corrected chi connectivity index (χ4v) is 2.67. The quantitative estimate of drug-likeness (QED) is 0.792. The van der Waals surface area contributed by atoms with E-state index in [1.54, 1.807) is 11.7 Å². The summed E-state index contributed by atoms with van der Waals surface area (Å²) in [4.78, 5) is 24.7. The molecule has 3 rings (SSSR count). The second-order valence-electron chi connectivity index (χ2n) is 5.19. The molecule has 8 nitrogen and oxygen atoms in total. The molecular formula is C13H19N7O. The van der Waals surface area contributed by atoms with Crippen LogP contribution in [0.3, 0.4) is 0 Å². The van der Waals surface area contributed by atoms with E-state index in [1.807, 2.05) is 18.7 Å². The highest BCUT2D eigenvalue weighted by molar-refractivity contribution is 5.86. The van der Waals surface area contributed by atoms with Gasteiger partial charge in [-0.2, -0.15) is 0 Å². The molecule has 21 heavy (non-hydrogen) atoms. The van der Waals surface area contributed by atoms with E-state index in [4.69, 9.17) is 0 Å². The summed E-state index contributed by atoms with van der Waals surface area (Å²) in [6.07, 6.45) is 1.51. The number of hydrogen-bond donors (Lipinski definition) is 0. The second kappa shape index (κ2) is 5.27. The Morgan fingerprint density at radius 1 is 1.33 bits per heavy atom. The first-order valence-corrected chi connectivity index (χ1v) is 7.19. The van der Waals surface area contributed by atoms with Crippen LogP contribution in [-0.2, 0) is 11.8 Å². The first kappa shape index (κ1) is 13.7. The molecule has 1 saturated heterocycles. The van der Waals surface area contributed by atoms with Crippen molar-refractivity contribution in [3.63, 3.8) is 0 Å². The van der Waals surface area contributed by atoms with Gasteiger partial charge in [0.2, 0.25) is 5.91 Å². The maximum atomic E-state index is 12.3. The van der Waals surface area contributed by atoms with Crippen molar-refractivity contribution in [2.75, 3.05) is 31.1 Å². The lowest BCUT2D eigenvalue weighted by Gasteiger charge is -2.40. The highest BCUT2D eigenvalue weighted by atomic mass is 16.2. The number of hydrogen-bond acceptors (Lipinski definition) is 6. The summed E-state index contributed by atoms with van der Waals surface area (Å²) < 4.78 is 1.62. The molecule has 1 aliphatic rings. The van der Waals surface area contributed by atoms with E-state index < -0.39 is 0 Å². The lowest BCUT2D eigenvalue weighted by atomic mass is 9.98. The summed E-state index contributed by atoms with van der Waals surface area (Å²) in [5.41, 5.74) is 1.40. The minimum absolute atomic E-state index is 0.0478. The molecule has 0 unspecified atom stereocenters. The maximum Gasteiger partial charge on any atom is 0.229 e. The molecule has 112 valence electrons. The number of amides is 1. The van der Waals surface area contributed by atoms with Gasteiger partial charge in [-0.15, -0.1) is 5.10 Å². The smallest absolute Gasteiger partial charge is 0.229 e. The normalized spacial score (nSPS) is 15.3. The van der Waals surface area contributed by atoms with E-state index in [0.29, 0.717) is 24.3 Å². The van der Waals surface area contributed by atoms with E-state index >= 15 is 0 Å². The molecule has 1 fully saturated rings. The van der Waals surface area contributed by atoms with Crippen molar-refractivity contribution in [1.29, 1.82) is 0 Å². The van der Waals surface area contributed by atoms with E-state index in [1.165, 1.54) is 6.33 Å². The lowest BCUT2D eigenvalue weighted by molar-refractivity contribution is -0.135. The molecular weight excluding hydrogens is 270 g/mol. The SMILES string of the molecule is CCN(CC)C(=O)C1CN(c2ncnc3c2nnn3C)C1. The molecule has 1 amide bonds. The lowest BCUT2D eigenvalue weighted by Crippen LogP contribution is -2.55. The topological polar surface area (TPSA) is 80.0 Å². The number of rotatable bonds is 4. The van der Waals surface area contributed by atoms with Crippen LogP contribution in [-0.4, -0.2) is 61.9 Å². The Bertz CT molecular complexity index is 658. The number of aryl methyl sites for hydroxylation is 1. The Morgan fingerprint density at radius 2 is 2.05 bits per heavy atom. The van der Waals surface area contributed by atoms with Crippen molar-refractivity contribution >= 4 is 22.9 Å². The van der Waals surface area contributed by atoms with Crippen molar-refractivity contribution in [3.8, 4) is 0 Å². The molecule has 1 aliphatic heterocycles. The van der Waals surface area contributed by atoms with Gasteiger partial charge in [0.1, 0.15) is 6.33 Å². The number of anilines is 1. The van der Waals surface area contributed by atoms with Crippen LogP contribution < -0.4 is 4.90 Å². The van der Waals surface area contributed by atoms with Crippen molar-refractivity contribution in [2.45, 2.75) is 13.8 Å². The van der Waals surface area contributed by atoms with Gasteiger partial charge in [0.25, 0.3) is 0 Å². The van der Waals surface area contributed by atoms with Gasteiger partial charge >= 0.3 is 0 Å². The Morgan fingerprint density at radius 3 is 2.71 bits per heavy atom. The van der Waals surface area contributed by atoms with Crippen molar-refractivity contribution in [2.24, 2.45) is 13.0 Å². The Labute approximate surface area is 122 Å². The van der Waals surface area contributed by atoms with Crippen molar-refractivity contribution < 1.29 is 4.79 Å². The highest BCUT2D eigenvalue weighted by Crippen LogP contribution is 2.28. The van der Waals surface area contributed by atoms with Gasteiger partial charge in [-0.1, -0.05) is 5.21 Å². The average Bonchev–Trinajstić information content (AvgIpc) is 2.81. The first-order valence-electron chi connectivity index (χ1n) is 7.19.